The molecule has 5 heteroatoms. The van der Waals surface area contributed by atoms with E-state index in [4.69, 9.17) is 9.52 Å². The van der Waals surface area contributed by atoms with Crippen molar-refractivity contribution < 1.29 is 14.3 Å². The number of carboxylic acid groups (broad SMARTS) is 1. The quantitative estimate of drug-likeness (QED) is 0.865. The summed E-state index contributed by atoms with van der Waals surface area (Å²) in [7, 11) is 0. The minimum absolute atomic E-state index is 0.0255. The van der Waals surface area contributed by atoms with Crippen molar-refractivity contribution in [1.29, 1.82) is 0 Å². The molecule has 0 aliphatic carbocycles. The van der Waals surface area contributed by atoms with Gasteiger partial charge in [-0.05, 0) is 31.9 Å². The van der Waals surface area contributed by atoms with Crippen LogP contribution < -0.4 is 4.90 Å². The molecule has 98 valence electrons. The van der Waals surface area contributed by atoms with Gasteiger partial charge in [-0.2, -0.15) is 0 Å². The summed E-state index contributed by atoms with van der Waals surface area (Å²) >= 11 is 0. The SMILES string of the molecule is O=C(O)c1ccc(N2CCCN3CCCC3C2)o1. The van der Waals surface area contributed by atoms with Gasteiger partial charge >= 0.3 is 5.97 Å². The van der Waals surface area contributed by atoms with E-state index in [0.29, 0.717) is 11.9 Å². The summed E-state index contributed by atoms with van der Waals surface area (Å²) in [5.41, 5.74) is 0. The molecule has 5 nitrogen and oxygen atoms in total. The van der Waals surface area contributed by atoms with E-state index >= 15 is 0 Å². The van der Waals surface area contributed by atoms with E-state index in [1.165, 1.54) is 25.5 Å². The van der Waals surface area contributed by atoms with Gasteiger partial charge in [-0.1, -0.05) is 0 Å². The first-order valence-corrected chi connectivity index (χ1v) is 6.56. The van der Waals surface area contributed by atoms with Gasteiger partial charge in [-0.25, -0.2) is 4.79 Å². The van der Waals surface area contributed by atoms with E-state index in [2.05, 4.69) is 9.80 Å². The molecule has 1 aromatic rings. The Morgan fingerprint density at radius 3 is 2.89 bits per heavy atom. The smallest absolute Gasteiger partial charge is 0.371 e. The second-order valence-electron chi connectivity index (χ2n) is 5.07. The molecule has 0 saturated carbocycles. The molecule has 0 aromatic carbocycles. The summed E-state index contributed by atoms with van der Waals surface area (Å²) < 4.78 is 5.40. The first-order valence-electron chi connectivity index (χ1n) is 6.56. The van der Waals surface area contributed by atoms with Gasteiger partial charge in [-0.15, -0.1) is 0 Å². The third-order valence-corrected chi connectivity index (χ3v) is 3.92. The van der Waals surface area contributed by atoms with Gasteiger partial charge in [0.05, 0.1) is 0 Å². The molecule has 0 amide bonds. The Morgan fingerprint density at radius 1 is 1.28 bits per heavy atom. The van der Waals surface area contributed by atoms with E-state index in [1.54, 1.807) is 6.07 Å². The molecule has 1 aromatic heterocycles. The summed E-state index contributed by atoms with van der Waals surface area (Å²) in [6.07, 6.45) is 3.62. The minimum atomic E-state index is -1.00. The Labute approximate surface area is 106 Å². The zero-order valence-corrected chi connectivity index (χ0v) is 10.3. The zero-order valence-electron chi connectivity index (χ0n) is 10.3. The van der Waals surface area contributed by atoms with Gasteiger partial charge in [0.1, 0.15) is 0 Å². The number of aromatic carboxylic acids is 1. The average Bonchev–Trinajstić information content (AvgIpc) is 2.95. The number of furan rings is 1. The van der Waals surface area contributed by atoms with E-state index in [1.807, 2.05) is 0 Å². The van der Waals surface area contributed by atoms with Gasteiger partial charge in [0, 0.05) is 31.7 Å². The van der Waals surface area contributed by atoms with Crippen LogP contribution in [0.4, 0.5) is 5.88 Å². The maximum absolute atomic E-state index is 10.8. The lowest BCUT2D eigenvalue weighted by Crippen LogP contribution is -2.36. The summed E-state index contributed by atoms with van der Waals surface area (Å²) in [5, 5.41) is 8.88. The standard InChI is InChI=1S/C13H18N2O3/c16-13(17)11-4-5-12(18-11)15-8-2-7-14-6-1-3-10(14)9-15/h4-5,10H,1-3,6-9H2,(H,16,17). The Kier molecular flexibility index (Phi) is 2.99. The molecule has 0 spiro atoms. The summed E-state index contributed by atoms with van der Waals surface area (Å²) in [6, 6.07) is 3.91. The average molecular weight is 250 g/mol. The van der Waals surface area contributed by atoms with Crippen LogP contribution in [0.5, 0.6) is 0 Å². The van der Waals surface area contributed by atoms with Crippen LogP contribution in [0.2, 0.25) is 0 Å². The highest BCUT2D eigenvalue weighted by Gasteiger charge is 2.29. The largest absolute Gasteiger partial charge is 0.475 e. The summed E-state index contributed by atoms with van der Waals surface area (Å²) in [5.74, 6) is -0.280. The van der Waals surface area contributed by atoms with Crippen LogP contribution in [-0.4, -0.2) is 48.2 Å². The van der Waals surface area contributed by atoms with Crippen molar-refractivity contribution in [3.63, 3.8) is 0 Å². The number of nitrogens with zero attached hydrogens (tertiary/aromatic N) is 2. The van der Waals surface area contributed by atoms with Crippen LogP contribution >= 0.6 is 0 Å². The molecule has 3 rings (SSSR count). The number of rotatable bonds is 2. The molecule has 2 aliphatic rings. The fourth-order valence-electron chi connectivity index (χ4n) is 3.02. The predicted molar refractivity (Wildman–Crippen MR) is 67.1 cm³/mol. The molecule has 1 unspecified atom stereocenters. The Balaban J connectivity index is 1.76. The van der Waals surface area contributed by atoms with Crippen LogP contribution in [0.15, 0.2) is 16.5 Å². The lowest BCUT2D eigenvalue weighted by Gasteiger charge is -2.25. The Morgan fingerprint density at radius 2 is 2.11 bits per heavy atom. The summed E-state index contributed by atoms with van der Waals surface area (Å²) in [6.45, 7) is 4.25. The third-order valence-electron chi connectivity index (χ3n) is 3.92. The molecule has 2 saturated heterocycles. The molecule has 0 radical (unpaired) electrons. The maximum Gasteiger partial charge on any atom is 0.371 e. The monoisotopic (exact) mass is 250 g/mol. The molecule has 3 heterocycles. The molecule has 18 heavy (non-hydrogen) atoms. The summed E-state index contributed by atoms with van der Waals surface area (Å²) in [4.78, 5) is 15.6. The van der Waals surface area contributed by atoms with E-state index in [-0.39, 0.29) is 5.76 Å². The van der Waals surface area contributed by atoms with Crippen molar-refractivity contribution in [2.45, 2.75) is 25.3 Å². The third kappa shape index (κ3) is 2.10. The fourth-order valence-corrected chi connectivity index (χ4v) is 3.02. The number of carboxylic acids is 1. The van der Waals surface area contributed by atoms with Crippen molar-refractivity contribution in [2.24, 2.45) is 0 Å². The second-order valence-corrected chi connectivity index (χ2v) is 5.07. The molecule has 1 N–H and O–H groups in total. The Bertz CT molecular complexity index is 443. The fraction of sp³-hybridized carbons (Fsp3) is 0.615. The Hall–Kier alpha value is -1.49. The second kappa shape index (κ2) is 4.65. The van der Waals surface area contributed by atoms with Crippen LogP contribution in [0.1, 0.15) is 29.8 Å². The van der Waals surface area contributed by atoms with Gasteiger partial charge in [0.15, 0.2) is 5.88 Å². The van der Waals surface area contributed by atoms with Crippen LogP contribution in [-0.2, 0) is 0 Å². The van der Waals surface area contributed by atoms with Crippen molar-refractivity contribution in [1.82, 2.24) is 4.90 Å². The molecular formula is C13H18N2O3. The van der Waals surface area contributed by atoms with E-state index in [9.17, 15) is 4.79 Å². The molecule has 0 bridgehead atoms. The first-order chi connectivity index (χ1) is 8.74. The van der Waals surface area contributed by atoms with Gasteiger partial charge < -0.3 is 14.4 Å². The normalized spacial score (nSPS) is 24.9. The zero-order chi connectivity index (χ0) is 12.5. The predicted octanol–water partition coefficient (Wildman–Crippen LogP) is 1.65. The van der Waals surface area contributed by atoms with E-state index in [0.717, 1.165) is 26.1 Å². The van der Waals surface area contributed by atoms with Gasteiger partial charge in [0.25, 0.3) is 0 Å². The van der Waals surface area contributed by atoms with E-state index < -0.39 is 5.97 Å². The minimum Gasteiger partial charge on any atom is -0.475 e. The molecular weight excluding hydrogens is 232 g/mol. The highest BCUT2D eigenvalue weighted by atomic mass is 16.4. The van der Waals surface area contributed by atoms with Crippen molar-refractivity contribution >= 4 is 11.9 Å². The van der Waals surface area contributed by atoms with Crippen molar-refractivity contribution in [3.8, 4) is 0 Å². The first kappa shape index (κ1) is 11.6. The lowest BCUT2D eigenvalue weighted by molar-refractivity contribution is 0.0663. The van der Waals surface area contributed by atoms with Crippen molar-refractivity contribution in [2.75, 3.05) is 31.1 Å². The van der Waals surface area contributed by atoms with Crippen LogP contribution in [0.3, 0.4) is 0 Å². The number of fused-ring (bicyclic) bond motifs is 1. The van der Waals surface area contributed by atoms with Crippen LogP contribution in [0, 0.1) is 0 Å². The highest BCUT2D eigenvalue weighted by molar-refractivity contribution is 5.84. The highest BCUT2D eigenvalue weighted by Crippen LogP contribution is 2.26. The number of anilines is 1. The molecule has 2 aliphatic heterocycles. The van der Waals surface area contributed by atoms with Gasteiger partial charge in [-0.3, -0.25) is 4.90 Å². The molecule has 2 fully saturated rings. The number of hydrogen-bond donors (Lipinski definition) is 1. The maximum atomic E-state index is 10.8. The van der Waals surface area contributed by atoms with Crippen molar-refractivity contribution in [3.05, 3.63) is 17.9 Å². The topological polar surface area (TPSA) is 56.9 Å². The number of hydrogen-bond acceptors (Lipinski definition) is 4. The lowest BCUT2D eigenvalue weighted by atomic mass is 10.2. The van der Waals surface area contributed by atoms with Gasteiger partial charge in [0.2, 0.25) is 5.76 Å². The van der Waals surface area contributed by atoms with Crippen LogP contribution in [0.25, 0.3) is 0 Å². The number of carbonyl (C=O) groups is 1. The molecule has 1 atom stereocenters.